The molecule has 25 heavy (non-hydrogen) atoms. The maximum Gasteiger partial charge on any atom is 0.198 e. The van der Waals surface area contributed by atoms with Crippen LogP contribution in [-0.4, -0.2) is 45.0 Å². The number of nitrogens with zero attached hydrogens (tertiary/aromatic N) is 5. The molecule has 0 unspecified atom stereocenters. The molecular formula is C18H16ClN5O. The lowest BCUT2D eigenvalue weighted by molar-refractivity contribution is 0.105. The fourth-order valence-corrected chi connectivity index (χ4v) is 2.55. The summed E-state index contributed by atoms with van der Waals surface area (Å²) in [5, 5.41) is 12.3. The summed E-state index contributed by atoms with van der Waals surface area (Å²) in [6.07, 6.45) is 1.70. The number of benzene rings is 2. The van der Waals surface area contributed by atoms with Crippen molar-refractivity contribution >= 4 is 23.0 Å². The number of rotatable bonds is 5. The highest BCUT2D eigenvalue weighted by Gasteiger charge is 2.22. The Bertz CT molecular complexity index is 918. The molecule has 0 aliphatic heterocycles. The number of carbonyl (C=O) groups is 1. The van der Waals surface area contributed by atoms with Gasteiger partial charge in [0, 0.05) is 30.9 Å². The van der Waals surface area contributed by atoms with Crippen molar-refractivity contribution in [3.05, 3.63) is 77.2 Å². The van der Waals surface area contributed by atoms with Crippen LogP contribution in [0.2, 0.25) is 5.02 Å². The molecule has 6 nitrogen and oxygen atoms in total. The third-order valence-corrected chi connectivity index (χ3v) is 3.67. The Balaban J connectivity index is 2.10. The molecule has 3 aromatic rings. The van der Waals surface area contributed by atoms with Gasteiger partial charge >= 0.3 is 0 Å². The van der Waals surface area contributed by atoms with Gasteiger partial charge in [0.15, 0.2) is 11.6 Å². The summed E-state index contributed by atoms with van der Waals surface area (Å²) < 4.78 is 1.54. The fraction of sp³-hybridized carbons (Fsp3) is 0.111. The van der Waals surface area contributed by atoms with E-state index in [1.54, 1.807) is 35.4 Å². The Morgan fingerprint density at radius 3 is 2.56 bits per heavy atom. The van der Waals surface area contributed by atoms with E-state index in [1.807, 2.05) is 44.4 Å². The molecule has 0 saturated carbocycles. The van der Waals surface area contributed by atoms with Gasteiger partial charge in [0.1, 0.15) is 0 Å². The molecule has 0 saturated heterocycles. The lowest BCUT2D eigenvalue weighted by Gasteiger charge is -2.12. The van der Waals surface area contributed by atoms with Crippen molar-refractivity contribution in [3.8, 4) is 5.69 Å². The van der Waals surface area contributed by atoms with Crippen LogP contribution < -0.4 is 0 Å². The zero-order chi connectivity index (χ0) is 17.8. The average Bonchev–Trinajstić information content (AvgIpc) is 3.09. The highest BCUT2D eigenvalue weighted by molar-refractivity contribution is 6.32. The van der Waals surface area contributed by atoms with Gasteiger partial charge in [-0.15, -0.1) is 5.10 Å². The molecule has 0 aliphatic carbocycles. The van der Waals surface area contributed by atoms with Crippen molar-refractivity contribution in [2.45, 2.75) is 0 Å². The van der Waals surface area contributed by atoms with Crippen LogP contribution in [0.15, 0.2) is 60.8 Å². The van der Waals surface area contributed by atoms with Crippen molar-refractivity contribution in [1.82, 2.24) is 25.1 Å². The number of halogens is 1. The lowest BCUT2D eigenvalue weighted by Crippen LogP contribution is -2.13. The van der Waals surface area contributed by atoms with Gasteiger partial charge in [-0.05, 0) is 34.7 Å². The topological polar surface area (TPSA) is 63.9 Å². The molecule has 0 amide bonds. The van der Waals surface area contributed by atoms with Gasteiger partial charge in [-0.1, -0.05) is 41.9 Å². The summed E-state index contributed by atoms with van der Waals surface area (Å²) in [6.45, 7) is 0. The molecule has 0 atom stereocenters. The molecule has 0 spiro atoms. The van der Waals surface area contributed by atoms with Crippen LogP contribution in [0.25, 0.3) is 11.3 Å². The predicted molar refractivity (Wildman–Crippen MR) is 96.6 cm³/mol. The van der Waals surface area contributed by atoms with E-state index in [-0.39, 0.29) is 5.78 Å². The normalized spacial score (nSPS) is 11.4. The van der Waals surface area contributed by atoms with Gasteiger partial charge in [-0.3, -0.25) is 4.79 Å². The summed E-state index contributed by atoms with van der Waals surface area (Å²) in [4.78, 5) is 14.8. The second kappa shape index (κ2) is 7.27. The number of ketones is 1. The molecular weight excluding hydrogens is 338 g/mol. The number of tetrazole rings is 1. The first-order valence-corrected chi connectivity index (χ1v) is 7.97. The van der Waals surface area contributed by atoms with Crippen molar-refractivity contribution in [2.75, 3.05) is 14.1 Å². The van der Waals surface area contributed by atoms with Gasteiger partial charge in [-0.25, -0.2) is 0 Å². The second-order valence-electron chi connectivity index (χ2n) is 5.60. The van der Waals surface area contributed by atoms with Crippen LogP contribution in [0.3, 0.4) is 0 Å². The van der Waals surface area contributed by atoms with E-state index in [2.05, 4.69) is 15.5 Å². The van der Waals surface area contributed by atoms with E-state index in [1.165, 1.54) is 4.68 Å². The minimum Gasteiger partial charge on any atom is -0.383 e. The molecule has 1 heterocycles. The molecule has 0 bridgehead atoms. The van der Waals surface area contributed by atoms with Gasteiger partial charge < -0.3 is 4.90 Å². The number of carbonyl (C=O) groups excluding carboxylic acids is 1. The monoisotopic (exact) mass is 353 g/mol. The summed E-state index contributed by atoms with van der Waals surface area (Å²) in [5.41, 5.74) is 1.62. The summed E-state index contributed by atoms with van der Waals surface area (Å²) in [7, 11) is 3.67. The largest absolute Gasteiger partial charge is 0.383 e. The van der Waals surface area contributed by atoms with Gasteiger partial charge in [0.2, 0.25) is 0 Å². The van der Waals surface area contributed by atoms with E-state index in [0.717, 1.165) is 5.69 Å². The number of para-hydroxylation sites is 1. The Hall–Kier alpha value is -2.99. The maximum atomic E-state index is 13.1. The van der Waals surface area contributed by atoms with E-state index < -0.39 is 0 Å². The van der Waals surface area contributed by atoms with Crippen molar-refractivity contribution in [2.24, 2.45) is 0 Å². The Morgan fingerprint density at radius 1 is 1.12 bits per heavy atom. The zero-order valence-electron chi connectivity index (χ0n) is 13.8. The molecule has 2 aromatic carbocycles. The van der Waals surface area contributed by atoms with Crippen LogP contribution in [-0.2, 0) is 0 Å². The molecule has 126 valence electrons. The number of aromatic nitrogens is 4. The van der Waals surface area contributed by atoms with Crippen molar-refractivity contribution in [1.29, 1.82) is 0 Å². The first-order chi connectivity index (χ1) is 12.1. The Kier molecular flexibility index (Phi) is 4.90. The third kappa shape index (κ3) is 3.75. The van der Waals surface area contributed by atoms with Gasteiger partial charge in [-0.2, -0.15) is 4.68 Å². The first-order valence-electron chi connectivity index (χ1n) is 7.59. The van der Waals surface area contributed by atoms with Gasteiger partial charge in [0.25, 0.3) is 0 Å². The van der Waals surface area contributed by atoms with E-state index in [9.17, 15) is 4.79 Å². The van der Waals surface area contributed by atoms with E-state index in [0.29, 0.717) is 22.0 Å². The number of hydrogen-bond acceptors (Lipinski definition) is 5. The molecule has 0 fully saturated rings. The maximum absolute atomic E-state index is 13.1. The van der Waals surface area contributed by atoms with Crippen molar-refractivity contribution < 1.29 is 4.79 Å². The third-order valence-electron chi connectivity index (χ3n) is 3.43. The number of allylic oxidation sites excluding steroid dienone is 1. The summed E-state index contributed by atoms with van der Waals surface area (Å²) >= 11 is 6.02. The van der Waals surface area contributed by atoms with Crippen LogP contribution in [0.1, 0.15) is 16.2 Å². The molecule has 7 heteroatoms. The fourth-order valence-electron chi connectivity index (χ4n) is 2.36. The van der Waals surface area contributed by atoms with Crippen LogP contribution in [0, 0.1) is 0 Å². The smallest absolute Gasteiger partial charge is 0.198 e. The molecule has 0 aliphatic rings. The molecule has 0 radical (unpaired) electrons. The quantitative estimate of drug-likeness (QED) is 0.521. The average molecular weight is 354 g/mol. The lowest BCUT2D eigenvalue weighted by atomic mass is 10.0. The van der Waals surface area contributed by atoms with Crippen LogP contribution in [0.4, 0.5) is 0 Å². The SMILES string of the molecule is CN(C)/C=C(/C(=O)c1cccc(Cl)c1)c1nnnn1-c1ccccc1. The van der Waals surface area contributed by atoms with Crippen molar-refractivity contribution in [3.63, 3.8) is 0 Å². The predicted octanol–water partition coefficient (Wildman–Crippen LogP) is 3.10. The van der Waals surface area contributed by atoms with Crippen LogP contribution in [0.5, 0.6) is 0 Å². The van der Waals surface area contributed by atoms with Crippen LogP contribution >= 0.6 is 11.6 Å². The van der Waals surface area contributed by atoms with E-state index >= 15 is 0 Å². The molecule has 0 N–H and O–H groups in total. The highest BCUT2D eigenvalue weighted by atomic mass is 35.5. The summed E-state index contributed by atoms with van der Waals surface area (Å²) in [6, 6.07) is 16.2. The highest BCUT2D eigenvalue weighted by Crippen LogP contribution is 2.22. The van der Waals surface area contributed by atoms with Gasteiger partial charge in [0.05, 0.1) is 11.3 Å². The summed E-state index contributed by atoms with van der Waals surface area (Å²) in [5.74, 6) is 0.160. The standard InChI is InChI=1S/C18H16ClN5O/c1-23(2)12-16(17(25)13-7-6-8-14(19)11-13)18-20-21-22-24(18)15-9-4-3-5-10-15/h3-12H,1-2H3/b16-12-. The second-order valence-corrected chi connectivity index (χ2v) is 6.03. The first kappa shape index (κ1) is 16.9. The molecule has 1 aromatic heterocycles. The molecule has 3 rings (SSSR count). The Morgan fingerprint density at radius 2 is 1.88 bits per heavy atom. The number of hydrogen-bond donors (Lipinski definition) is 0. The van der Waals surface area contributed by atoms with E-state index in [4.69, 9.17) is 11.6 Å². The Labute approximate surface area is 150 Å². The minimum absolute atomic E-state index is 0.205. The minimum atomic E-state index is -0.205. The number of Topliss-reactive ketones (excluding diaryl/α,β-unsaturated/α-hetero) is 1. The zero-order valence-corrected chi connectivity index (χ0v) is 14.6.